The van der Waals surface area contributed by atoms with E-state index in [-0.39, 0.29) is 16.9 Å². The third-order valence-corrected chi connectivity index (χ3v) is 5.01. The van der Waals surface area contributed by atoms with Gasteiger partial charge in [-0.05, 0) is 42.1 Å². The lowest BCUT2D eigenvalue weighted by Crippen LogP contribution is -2.27. The molecule has 10 heteroatoms. The maximum absolute atomic E-state index is 13.1. The minimum atomic E-state index is -0.335. The van der Waals surface area contributed by atoms with E-state index in [2.05, 4.69) is 20.4 Å². The Morgan fingerprint density at radius 3 is 2.80 bits per heavy atom. The number of H-pyrrole nitrogens is 1. The molecule has 1 aliphatic heterocycles. The molecule has 25 heavy (non-hydrogen) atoms. The number of halogens is 1. The molecule has 0 saturated carbocycles. The van der Waals surface area contributed by atoms with Gasteiger partial charge >= 0.3 is 0 Å². The van der Waals surface area contributed by atoms with Crippen LogP contribution in [-0.4, -0.2) is 31.5 Å². The van der Waals surface area contributed by atoms with Crippen molar-refractivity contribution in [2.24, 2.45) is 0 Å². The molecule has 7 nitrogen and oxygen atoms in total. The van der Waals surface area contributed by atoms with Crippen LogP contribution in [0.3, 0.4) is 0 Å². The van der Waals surface area contributed by atoms with E-state index < -0.39 is 0 Å². The summed E-state index contributed by atoms with van der Waals surface area (Å²) in [5.41, 5.74) is 3.60. The van der Waals surface area contributed by atoms with Crippen LogP contribution in [0.2, 0.25) is 0 Å². The van der Waals surface area contributed by atoms with Gasteiger partial charge in [0.05, 0.1) is 16.8 Å². The van der Waals surface area contributed by atoms with Gasteiger partial charge in [0.2, 0.25) is 5.13 Å². The van der Waals surface area contributed by atoms with E-state index in [1.165, 1.54) is 33.9 Å². The molecular formula is C15H9FN6OS2. The first-order chi connectivity index (χ1) is 12.1. The van der Waals surface area contributed by atoms with Crippen LogP contribution in [0.1, 0.15) is 5.56 Å². The highest BCUT2D eigenvalue weighted by molar-refractivity contribution is 8.19. The molecule has 0 aliphatic carbocycles. The van der Waals surface area contributed by atoms with Crippen molar-refractivity contribution in [3.8, 4) is 11.3 Å². The zero-order valence-corrected chi connectivity index (χ0v) is 14.1. The molecule has 124 valence electrons. The first kappa shape index (κ1) is 15.7. The van der Waals surface area contributed by atoms with E-state index in [0.29, 0.717) is 21.3 Å². The summed E-state index contributed by atoms with van der Waals surface area (Å²) in [6.07, 6.45) is 3.24. The normalized spacial score (nSPS) is 16.2. The zero-order chi connectivity index (χ0) is 17.4. The molecule has 1 fully saturated rings. The molecule has 2 aromatic heterocycles. The Bertz CT molecular complexity index is 980. The number of rotatable bonds is 3. The quantitative estimate of drug-likeness (QED) is 0.688. The van der Waals surface area contributed by atoms with Crippen molar-refractivity contribution in [3.63, 3.8) is 0 Å². The minimum Gasteiger partial charge on any atom is -0.278 e. The van der Waals surface area contributed by atoms with Crippen molar-refractivity contribution in [1.29, 1.82) is 5.41 Å². The summed E-state index contributed by atoms with van der Waals surface area (Å²) < 4.78 is 13.1. The minimum absolute atomic E-state index is 0.0693. The molecule has 0 unspecified atom stereocenters. The van der Waals surface area contributed by atoms with Crippen LogP contribution in [-0.2, 0) is 4.79 Å². The number of benzene rings is 1. The topological polar surface area (TPSA) is 98.6 Å². The fourth-order valence-corrected chi connectivity index (χ4v) is 3.77. The molecule has 1 saturated heterocycles. The SMILES string of the molecule is N=C1S/C(=C\c2cn[nH]c2-c2ccc(F)cc2)C(=O)N1c1nncs1. The van der Waals surface area contributed by atoms with Crippen LogP contribution >= 0.6 is 23.1 Å². The molecule has 0 radical (unpaired) electrons. The number of carbonyl (C=O) groups is 1. The smallest absolute Gasteiger partial charge is 0.273 e. The second-order valence-corrected chi connectivity index (χ2v) is 6.83. The average molecular weight is 372 g/mol. The van der Waals surface area contributed by atoms with Gasteiger partial charge in [-0.25, -0.2) is 9.29 Å². The predicted molar refractivity (Wildman–Crippen MR) is 94.7 cm³/mol. The number of anilines is 1. The van der Waals surface area contributed by atoms with E-state index >= 15 is 0 Å². The van der Waals surface area contributed by atoms with Crippen molar-refractivity contribution in [2.45, 2.75) is 0 Å². The maximum atomic E-state index is 13.1. The Morgan fingerprint density at radius 1 is 1.28 bits per heavy atom. The van der Waals surface area contributed by atoms with E-state index in [1.54, 1.807) is 24.4 Å². The number of hydrogen-bond acceptors (Lipinski definition) is 7. The number of nitrogens with one attached hydrogen (secondary N) is 2. The first-order valence-corrected chi connectivity index (χ1v) is 8.71. The van der Waals surface area contributed by atoms with Gasteiger partial charge in [-0.1, -0.05) is 11.3 Å². The summed E-state index contributed by atoms with van der Waals surface area (Å²) in [5, 5.41) is 22.8. The number of thioether (sulfide) groups is 1. The van der Waals surface area contributed by atoms with Crippen LogP contribution in [0.15, 0.2) is 40.9 Å². The highest BCUT2D eigenvalue weighted by Crippen LogP contribution is 2.36. The standard InChI is InChI=1S/C15H9FN6OS2/c16-10-3-1-8(2-4-10)12-9(6-18-20-12)5-11-13(23)22(14(17)25-11)15-21-19-7-24-15/h1-7,17H,(H,18,20)/b11-5-,17-14?. The lowest BCUT2D eigenvalue weighted by molar-refractivity contribution is -0.113. The number of amidine groups is 1. The molecule has 3 heterocycles. The molecule has 1 aromatic carbocycles. The molecule has 3 aromatic rings. The number of amides is 1. The Balaban J connectivity index is 1.69. The van der Waals surface area contributed by atoms with Gasteiger partial charge in [-0.15, -0.1) is 10.2 Å². The number of nitrogens with zero attached hydrogens (tertiary/aromatic N) is 4. The van der Waals surface area contributed by atoms with E-state index in [4.69, 9.17) is 5.41 Å². The van der Waals surface area contributed by atoms with Crippen molar-refractivity contribution in [1.82, 2.24) is 20.4 Å². The fraction of sp³-hybridized carbons (Fsp3) is 0. The summed E-state index contributed by atoms with van der Waals surface area (Å²) in [6.45, 7) is 0. The molecule has 2 N–H and O–H groups in total. The number of carbonyl (C=O) groups excluding carboxylic acids is 1. The van der Waals surface area contributed by atoms with Crippen molar-refractivity contribution in [3.05, 3.63) is 52.3 Å². The van der Waals surface area contributed by atoms with Gasteiger partial charge in [-0.3, -0.25) is 15.3 Å². The second kappa shape index (κ2) is 6.22. The summed E-state index contributed by atoms with van der Waals surface area (Å²) in [4.78, 5) is 14.2. The van der Waals surface area contributed by atoms with Gasteiger partial charge in [0, 0.05) is 11.1 Å². The molecule has 0 atom stereocenters. The van der Waals surface area contributed by atoms with Gasteiger partial charge in [0.1, 0.15) is 11.3 Å². The summed E-state index contributed by atoms with van der Waals surface area (Å²) >= 11 is 2.23. The van der Waals surface area contributed by atoms with Crippen LogP contribution in [0.25, 0.3) is 17.3 Å². The third-order valence-electron chi connectivity index (χ3n) is 3.45. The molecular weight excluding hydrogens is 363 g/mol. The lowest BCUT2D eigenvalue weighted by atomic mass is 10.1. The number of aromatic amines is 1. The maximum Gasteiger partial charge on any atom is 0.273 e. The third kappa shape index (κ3) is 2.85. The zero-order valence-electron chi connectivity index (χ0n) is 12.4. The van der Waals surface area contributed by atoms with Crippen LogP contribution in [0.4, 0.5) is 9.52 Å². The molecule has 0 spiro atoms. The van der Waals surface area contributed by atoms with Gasteiger partial charge in [0.25, 0.3) is 5.91 Å². The first-order valence-electron chi connectivity index (χ1n) is 7.01. The predicted octanol–water partition coefficient (Wildman–Crippen LogP) is 3.12. The summed E-state index contributed by atoms with van der Waals surface area (Å²) in [6, 6.07) is 5.97. The summed E-state index contributed by atoms with van der Waals surface area (Å²) in [5.74, 6) is -0.663. The monoisotopic (exact) mass is 372 g/mol. The largest absolute Gasteiger partial charge is 0.278 e. The summed E-state index contributed by atoms with van der Waals surface area (Å²) in [7, 11) is 0. The molecule has 1 amide bonds. The number of aromatic nitrogens is 4. The highest BCUT2D eigenvalue weighted by Gasteiger charge is 2.35. The van der Waals surface area contributed by atoms with E-state index in [1.807, 2.05) is 0 Å². The van der Waals surface area contributed by atoms with E-state index in [9.17, 15) is 9.18 Å². The van der Waals surface area contributed by atoms with Crippen molar-refractivity contribution >= 4 is 45.4 Å². The highest BCUT2D eigenvalue weighted by atomic mass is 32.2. The Hall–Kier alpha value is -2.85. The average Bonchev–Trinajstić information content (AvgIpc) is 3.31. The molecule has 1 aliphatic rings. The van der Waals surface area contributed by atoms with Crippen molar-refractivity contribution < 1.29 is 9.18 Å². The van der Waals surface area contributed by atoms with Crippen LogP contribution in [0, 0.1) is 11.2 Å². The van der Waals surface area contributed by atoms with Crippen molar-refractivity contribution in [2.75, 3.05) is 4.90 Å². The molecule has 4 rings (SSSR count). The Kier molecular flexibility index (Phi) is 3.90. The Morgan fingerprint density at radius 2 is 2.08 bits per heavy atom. The number of hydrogen-bond donors (Lipinski definition) is 2. The van der Waals surface area contributed by atoms with Gasteiger partial charge in [0.15, 0.2) is 5.17 Å². The fourth-order valence-electron chi connectivity index (χ4n) is 2.32. The second-order valence-electron chi connectivity index (χ2n) is 4.98. The van der Waals surface area contributed by atoms with E-state index in [0.717, 1.165) is 17.3 Å². The Labute approximate surface area is 149 Å². The van der Waals surface area contributed by atoms with Crippen LogP contribution < -0.4 is 4.90 Å². The van der Waals surface area contributed by atoms with Crippen LogP contribution in [0.5, 0.6) is 0 Å². The lowest BCUT2D eigenvalue weighted by Gasteiger charge is -2.08. The molecule has 0 bridgehead atoms. The van der Waals surface area contributed by atoms with Gasteiger partial charge < -0.3 is 0 Å². The van der Waals surface area contributed by atoms with Gasteiger partial charge in [-0.2, -0.15) is 5.10 Å².